The summed E-state index contributed by atoms with van der Waals surface area (Å²) >= 11 is 0. The molecule has 1 saturated heterocycles. The van der Waals surface area contributed by atoms with Crippen molar-refractivity contribution < 1.29 is 18.4 Å². The summed E-state index contributed by atoms with van der Waals surface area (Å²) in [5.74, 6) is -0.403. The molecular weight excluding hydrogens is 349 g/mol. The van der Waals surface area contributed by atoms with Gasteiger partial charge in [-0.2, -0.15) is 0 Å². The van der Waals surface area contributed by atoms with Crippen molar-refractivity contribution in [3.05, 3.63) is 47.4 Å². The average molecular weight is 369 g/mol. The van der Waals surface area contributed by atoms with Gasteiger partial charge in [0.15, 0.2) is 0 Å². The maximum atomic E-state index is 13.2. The average Bonchev–Trinajstić information content (AvgIpc) is 3.08. The molecule has 1 amide bonds. The Morgan fingerprint density at radius 1 is 1.26 bits per heavy atom. The van der Waals surface area contributed by atoms with E-state index >= 15 is 0 Å². The summed E-state index contributed by atoms with van der Waals surface area (Å²) in [7, 11) is 1.70. The Kier molecular flexibility index (Phi) is 4.61. The number of pyridine rings is 1. The lowest BCUT2D eigenvalue weighted by atomic mass is 10.0. The fourth-order valence-electron chi connectivity index (χ4n) is 3.50. The summed E-state index contributed by atoms with van der Waals surface area (Å²) in [5.41, 5.74) is 2.70. The predicted octanol–water partition coefficient (Wildman–Crippen LogP) is 3.59. The van der Waals surface area contributed by atoms with Crippen molar-refractivity contribution in [2.45, 2.75) is 25.9 Å². The predicted molar refractivity (Wildman–Crippen MR) is 97.9 cm³/mol. The van der Waals surface area contributed by atoms with Gasteiger partial charge in [-0.05, 0) is 50.1 Å². The second-order valence-corrected chi connectivity index (χ2v) is 6.74. The van der Waals surface area contributed by atoms with E-state index < -0.39 is 0 Å². The van der Waals surface area contributed by atoms with Gasteiger partial charge in [-0.1, -0.05) is 5.16 Å². The van der Waals surface area contributed by atoms with Gasteiger partial charge >= 0.3 is 0 Å². The number of carbonyl (C=O) groups is 1. The van der Waals surface area contributed by atoms with Crippen molar-refractivity contribution in [2.24, 2.45) is 0 Å². The lowest BCUT2D eigenvalue weighted by Crippen LogP contribution is -2.40. The number of aryl methyl sites for hydroxylation is 1. The molecule has 0 saturated carbocycles. The smallest absolute Gasteiger partial charge is 0.259 e. The van der Waals surface area contributed by atoms with Crippen LogP contribution in [0.5, 0.6) is 0 Å². The zero-order chi connectivity index (χ0) is 19.0. The van der Waals surface area contributed by atoms with Gasteiger partial charge < -0.3 is 14.2 Å². The van der Waals surface area contributed by atoms with Gasteiger partial charge in [0.1, 0.15) is 5.82 Å². The van der Waals surface area contributed by atoms with E-state index in [1.807, 2.05) is 4.90 Å². The first-order valence-electron chi connectivity index (χ1n) is 8.92. The highest BCUT2D eigenvalue weighted by Crippen LogP contribution is 2.29. The molecule has 1 aromatic carbocycles. The number of hydrogen-bond acceptors (Lipinski definition) is 5. The van der Waals surface area contributed by atoms with Crippen LogP contribution in [0.1, 0.15) is 28.9 Å². The van der Waals surface area contributed by atoms with Gasteiger partial charge in [0.2, 0.25) is 0 Å². The Balaban J connectivity index is 1.75. The van der Waals surface area contributed by atoms with Crippen LogP contribution in [0, 0.1) is 12.7 Å². The summed E-state index contributed by atoms with van der Waals surface area (Å²) in [5, 5.41) is 4.59. The molecule has 0 radical (unpaired) electrons. The highest BCUT2D eigenvalue weighted by atomic mass is 19.1. The van der Waals surface area contributed by atoms with Gasteiger partial charge in [-0.3, -0.25) is 4.79 Å². The number of aromatic nitrogens is 2. The largest absolute Gasteiger partial charge is 0.381 e. The number of methoxy groups -OCH3 is 1. The monoisotopic (exact) mass is 369 g/mol. The molecule has 6 nitrogen and oxygen atoms in total. The van der Waals surface area contributed by atoms with E-state index in [2.05, 4.69) is 10.1 Å². The molecule has 3 heterocycles. The Hall–Kier alpha value is -2.80. The van der Waals surface area contributed by atoms with E-state index in [0.717, 1.165) is 12.8 Å². The van der Waals surface area contributed by atoms with E-state index in [1.165, 1.54) is 12.1 Å². The summed E-state index contributed by atoms with van der Waals surface area (Å²) in [6.45, 7) is 3.06. The third-order valence-corrected chi connectivity index (χ3v) is 5.05. The second-order valence-electron chi connectivity index (χ2n) is 6.74. The van der Waals surface area contributed by atoms with Crippen LogP contribution < -0.4 is 0 Å². The standard InChI is InChI=1S/C20H20FN3O3/c1-12-18-16(20(25)24-9-7-15(26-2)8-10-24)11-17(22-19(18)27-23-12)13-3-5-14(21)6-4-13/h3-6,11,15H,7-10H2,1-2H3. The van der Waals surface area contributed by atoms with Crippen LogP contribution in [0.4, 0.5) is 4.39 Å². The number of likely N-dealkylation sites (tertiary alicyclic amines) is 1. The van der Waals surface area contributed by atoms with E-state index in [4.69, 9.17) is 9.26 Å². The molecule has 0 unspecified atom stereocenters. The zero-order valence-corrected chi connectivity index (χ0v) is 15.2. The number of halogens is 1. The first-order valence-corrected chi connectivity index (χ1v) is 8.92. The van der Waals surface area contributed by atoms with E-state index in [-0.39, 0.29) is 17.8 Å². The van der Waals surface area contributed by atoms with Gasteiger partial charge in [0.25, 0.3) is 11.6 Å². The summed E-state index contributed by atoms with van der Waals surface area (Å²) < 4.78 is 24.0. The van der Waals surface area contributed by atoms with Gasteiger partial charge in [-0.25, -0.2) is 9.37 Å². The molecule has 1 aliphatic rings. The van der Waals surface area contributed by atoms with Gasteiger partial charge in [-0.15, -0.1) is 0 Å². The summed E-state index contributed by atoms with van der Waals surface area (Å²) in [4.78, 5) is 19.5. The molecule has 0 spiro atoms. The van der Waals surface area contributed by atoms with Crippen LogP contribution >= 0.6 is 0 Å². The molecular formula is C20H20FN3O3. The van der Waals surface area contributed by atoms with Crippen molar-refractivity contribution in [3.8, 4) is 11.3 Å². The van der Waals surface area contributed by atoms with Gasteiger partial charge in [0, 0.05) is 25.8 Å². The van der Waals surface area contributed by atoms with Crippen molar-refractivity contribution >= 4 is 17.0 Å². The van der Waals surface area contributed by atoms with Crippen LogP contribution in [-0.2, 0) is 4.74 Å². The molecule has 0 bridgehead atoms. The van der Waals surface area contributed by atoms with E-state index in [9.17, 15) is 9.18 Å². The number of rotatable bonds is 3. The Morgan fingerprint density at radius 3 is 2.63 bits per heavy atom. The lowest BCUT2D eigenvalue weighted by Gasteiger charge is -2.31. The quantitative estimate of drug-likeness (QED) is 0.706. The van der Waals surface area contributed by atoms with Crippen LogP contribution in [0.3, 0.4) is 0 Å². The van der Waals surface area contributed by atoms with Crippen LogP contribution in [0.2, 0.25) is 0 Å². The topological polar surface area (TPSA) is 68.5 Å². The maximum absolute atomic E-state index is 13.2. The second kappa shape index (κ2) is 7.08. The highest BCUT2D eigenvalue weighted by Gasteiger charge is 2.27. The molecule has 140 valence electrons. The number of nitrogens with zero attached hydrogens (tertiary/aromatic N) is 3. The van der Waals surface area contributed by atoms with Crippen LogP contribution in [0.25, 0.3) is 22.4 Å². The Morgan fingerprint density at radius 2 is 1.96 bits per heavy atom. The zero-order valence-electron chi connectivity index (χ0n) is 15.2. The van der Waals surface area contributed by atoms with E-state index in [1.54, 1.807) is 32.2 Å². The van der Waals surface area contributed by atoms with Crippen molar-refractivity contribution in [1.82, 2.24) is 15.0 Å². The first-order chi connectivity index (χ1) is 13.1. The molecule has 1 aliphatic heterocycles. The number of fused-ring (bicyclic) bond motifs is 1. The number of hydrogen-bond donors (Lipinski definition) is 0. The highest BCUT2D eigenvalue weighted by molar-refractivity contribution is 6.07. The Labute approximate surface area is 155 Å². The summed E-state index contributed by atoms with van der Waals surface area (Å²) in [6, 6.07) is 7.73. The number of piperidine rings is 1. The lowest BCUT2D eigenvalue weighted by molar-refractivity contribution is 0.0352. The number of ether oxygens (including phenoxy) is 1. The third-order valence-electron chi connectivity index (χ3n) is 5.05. The Bertz CT molecular complexity index is 976. The van der Waals surface area contributed by atoms with Crippen molar-refractivity contribution in [3.63, 3.8) is 0 Å². The molecule has 0 atom stereocenters. The minimum atomic E-state index is -0.326. The fourth-order valence-corrected chi connectivity index (χ4v) is 3.50. The molecule has 1 fully saturated rings. The molecule has 27 heavy (non-hydrogen) atoms. The molecule has 3 aromatic rings. The van der Waals surface area contributed by atoms with Crippen LogP contribution in [-0.4, -0.2) is 47.3 Å². The number of amides is 1. The molecule has 7 heteroatoms. The minimum Gasteiger partial charge on any atom is -0.381 e. The van der Waals surface area contributed by atoms with Gasteiger partial charge in [0.05, 0.1) is 28.4 Å². The molecule has 4 rings (SSSR count). The number of benzene rings is 1. The fraction of sp³-hybridized carbons (Fsp3) is 0.350. The van der Waals surface area contributed by atoms with Crippen molar-refractivity contribution in [2.75, 3.05) is 20.2 Å². The van der Waals surface area contributed by atoms with E-state index in [0.29, 0.717) is 46.7 Å². The normalized spacial score (nSPS) is 15.4. The summed E-state index contributed by atoms with van der Waals surface area (Å²) in [6.07, 6.45) is 1.81. The first kappa shape index (κ1) is 17.6. The minimum absolute atomic E-state index is 0.0772. The molecule has 0 N–H and O–H groups in total. The third kappa shape index (κ3) is 3.30. The maximum Gasteiger partial charge on any atom is 0.259 e. The van der Waals surface area contributed by atoms with Crippen molar-refractivity contribution in [1.29, 1.82) is 0 Å². The molecule has 0 aliphatic carbocycles. The van der Waals surface area contributed by atoms with Crippen LogP contribution in [0.15, 0.2) is 34.9 Å². The SMILES string of the molecule is COC1CCN(C(=O)c2cc(-c3ccc(F)cc3)nc3onc(C)c23)CC1. The molecule has 2 aromatic heterocycles. The number of carbonyl (C=O) groups excluding carboxylic acids is 1.